The Hall–Kier alpha value is -0.840. The van der Waals surface area contributed by atoms with Gasteiger partial charge in [-0.1, -0.05) is 11.6 Å². The van der Waals surface area contributed by atoms with Gasteiger partial charge in [-0.2, -0.15) is 0 Å². The quantitative estimate of drug-likeness (QED) is 0.759. The normalized spacial score (nSPS) is 12.6. The molecule has 0 aliphatic heterocycles. The van der Waals surface area contributed by atoms with Crippen LogP contribution in [0.4, 0.5) is 0 Å². The molecule has 0 saturated heterocycles. The highest BCUT2D eigenvalue weighted by atomic mass is 35.5. The number of rotatable bonds is 3. The summed E-state index contributed by atoms with van der Waals surface area (Å²) in [5, 5.41) is 9.83. The van der Waals surface area contributed by atoms with Gasteiger partial charge >= 0.3 is 0 Å². The lowest BCUT2D eigenvalue weighted by Crippen LogP contribution is -2.12. The van der Waals surface area contributed by atoms with Gasteiger partial charge in [0.05, 0.1) is 18.2 Å². The van der Waals surface area contributed by atoms with Gasteiger partial charge in [-0.15, -0.1) is 0 Å². The Morgan fingerprint density at radius 2 is 2.46 bits per heavy atom. The maximum atomic E-state index is 9.44. The second-order valence-corrected chi connectivity index (χ2v) is 2.91. The number of aliphatic hydroxyl groups is 1. The smallest absolute Gasteiger partial charge is 0.213 e. The third-order valence-corrected chi connectivity index (χ3v) is 1.97. The summed E-state index contributed by atoms with van der Waals surface area (Å²) in [6.45, 7) is 0.118. The molecule has 0 aromatic carbocycles. The number of hydrogen-bond acceptors (Lipinski definition) is 4. The van der Waals surface area contributed by atoms with Gasteiger partial charge in [0.25, 0.3) is 0 Å². The molecule has 0 radical (unpaired) electrons. The van der Waals surface area contributed by atoms with E-state index in [1.165, 1.54) is 13.3 Å². The van der Waals surface area contributed by atoms with E-state index < -0.39 is 6.10 Å². The molecule has 5 heteroatoms. The highest BCUT2D eigenvalue weighted by Crippen LogP contribution is 2.24. The van der Waals surface area contributed by atoms with E-state index in [0.717, 1.165) is 0 Å². The third kappa shape index (κ3) is 2.30. The van der Waals surface area contributed by atoms with Crippen LogP contribution in [0, 0.1) is 0 Å². The average molecular weight is 203 g/mol. The number of methoxy groups -OCH3 is 1. The fraction of sp³-hybridized carbons (Fsp3) is 0.375. The van der Waals surface area contributed by atoms with Gasteiger partial charge in [0.15, 0.2) is 0 Å². The van der Waals surface area contributed by atoms with Crippen LogP contribution in [0.15, 0.2) is 12.3 Å². The Bertz CT molecular complexity index is 293. The van der Waals surface area contributed by atoms with Crippen molar-refractivity contribution in [2.24, 2.45) is 5.73 Å². The lowest BCUT2D eigenvalue weighted by Gasteiger charge is -2.10. The first-order valence-corrected chi connectivity index (χ1v) is 4.14. The molecule has 1 aromatic rings. The predicted octanol–water partition coefficient (Wildman–Crippen LogP) is 0.736. The summed E-state index contributed by atoms with van der Waals surface area (Å²) in [5.41, 5.74) is 5.83. The van der Waals surface area contributed by atoms with Crippen molar-refractivity contribution in [3.63, 3.8) is 0 Å². The van der Waals surface area contributed by atoms with E-state index >= 15 is 0 Å². The number of aliphatic hydroxyl groups excluding tert-OH is 1. The van der Waals surface area contributed by atoms with Crippen LogP contribution in [0.3, 0.4) is 0 Å². The molecule has 1 rings (SSSR count). The molecule has 0 aliphatic carbocycles. The molecule has 0 bridgehead atoms. The zero-order chi connectivity index (χ0) is 9.84. The maximum absolute atomic E-state index is 9.44. The molecule has 4 nitrogen and oxygen atoms in total. The number of hydrogen-bond donors (Lipinski definition) is 2. The van der Waals surface area contributed by atoms with Crippen LogP contribution in [-0.4, -0.2) is 23.7 Å². The number of nitrogens with two attached hydrogens (primary N) is 1. The molecule has 0 aliphatic rings. The minimum atomic E-state index is -0.774. The molecule has 1 aromatic heterocycles. The molecule has 0 spiro atoms. The highest BCUT2D eigenvalue weighted by Gasteiger charge is 2.11. The Kier molecular flexibility index (Phi) is 3.48. The van der Waals surface area contributed by atoms with Crippen LogP contribution >= 0.6 is 11.6 Å². The van der Waals surface area contributed by atoms with E-state index in [-0.39, 0.29) is 6.54 Å². The summed E-state index contributed by atoms with van der Waals surface area (Å²) in [4.78, 5) is 3.87. The second kappa shape index (κ2) is 4.41. The molecule has 1 atom stereocenters. The van der Waals surface area contributed by atoms with Crippen LogP contribution in [-0.2, 0) is 0 Å². The van der Waals surface area contributed by atoms with E-state index in [0.29, 0.717) is 16.5 Å². The van der Waals surface area contributed by atoms with Crippen LogP contribution in [0.25, 0.3) is 0 Å². The molecule has 72 valence electrons. The van der Waals surface area contributed by atoms with Gasteiger partial charge in [-0.05, 0) is 0 Å². The van der Waals surface area contributed by atoms with E-state index in [1.54, 1.807) is 6.07 Å². The molecule has 0 amide bonds. The van der Waals surface area contributed by atoms with Crippen LogP contribution in [0.2, 0.25) is 5.02 Å². The zero-order valence-corrected chi connectivity index (χ0v) is 7.95. The molecule has 13 heavy (non-hydrogen) atoms. The van der Waals surface area contributed by atoms with E-state index in [4.69, 9.17) is 22.1 Å². The van der Waals surface area contributed by atoms with Gasteiger partial charge in [0.1, 0.15) is 0 Å². The third-order valence-electron chi connectivity index (χ3n) is 1.65. The molecule has 3 N–H and O–H groups in total. The molecule has 1 unspecified atom stereocenters. The average Bonchev–Trinajstić information content (AvgIpc) is 2.17. The van der Waals surface area contributed by atoms with Gasteiger partial charge < -0.3 is 15.6 Å². The molecule has 0 fully saturated rings. The van der Waals surface area contributed by atoms with Crippen LogP contribution in [0.5, 0.6) is 5.88 Å². The van der Waals surface area contributed by atoms with Crippen molar-refractivity contribution in [2.75, 3.05) is 13.7 Å². The second-order valence-electron chi connectivity index (χ2n) is 2.50. The topological polar surface area (TPSA) is 68.4 Å². The van der Waals surface area contributed by atoms with E-state index in [9.17, 15) is 5.11 Å². The minimum absolute atomic E-state index is 0.118. The largest absolute Gasteiger partial charge is 0.481 e. The minimum Gasteiger partial charge on any atom is -0.481 e. The van der Waals surface area contributed by atoms with Crippen molar-refractivity contribution in [1.29, 1.82) is 0 Å². The van der Waals surface area contributed by atoms with Crippen molar-refractivity contribution >= 4 is 11.6 Å². The molecule has 1 heterocycles. The highest BCUT2D eigenvalue weighted by molar-refractivity contribution is 6.31. The number of pyridine rings is 1. The molecular weight excluding hydrogens is 192 g/mol. The zero-order valence-electron chi connectivity index (χ0n) is 7.20. The monoisotopic (exact) mass is 202 g/mol. The van der Waals surface area contributed by atoms with E-state index in [1.807, 2.05) is 0 Å². The summed E-state index contributed by atoms with van der Waals surface area (Å²) in [5.74, 6) is 0.409. The fourth-order valence-electron chi connectivity index (χ4n) is 0.928. The van der Waals surface area contributed by atoms with Crippen molar-refractivity contribution < 1.29 is 9.84 Å². The Morgan fingerprint density at radius 3 is 3.00 bits per heavy atom. The number of nitrogens with zero attached hydrogens (tertiary/aromatic N) is 1. The number of ether oxygens (including phenoxy) is 1. The first-order valence-electron chi connectivity index (χ1n) is 3.76. The maximum Gasteiger partial charge on any atom is 0.213 e. The summed E-state index contributed by atoms with van der Waals surface area (Å²) in [6, 6.07) is 1.57. The first kappa shape index (κ1) is 10.2. The van der Waals surface area contributed by atoms with Gasteiger partial charge in [0, 0.05) is 24.4 Å². The lowest BCUT2D eigenvalue weighted by atomic mass is 10.1. The summed E-state index contributed by atoms with van der Waals surface area (Å²) in [7, 11) is 1.49. The van der Waals surface area contributed by atoms with Crippen molar-refractivity contribution in [3.05, 3.63) is 22.8 Å². The lowest BCUT2D eigenvalue weighted by molar-refractivity contribution is 0.186. The van der Waals surface area contributed by atoms with Crippen LogP contribution < -0.4 is 10.5 Å². The number of halogens is 1. The van der Waals surface area contributed by atoms with Crippen LogP contribution in [0.1, 0.15) is 11.7 Å². The fourth-order valence-corrected chi connectivity index (χ4v) is 1.16. The Balaban J connectivity index is 3.03. The SMILES string of the molecule is COc1cc(C(O)CN)c(Cl)cn1. The Labute approximate surface area is 81.3 Å². The molecular formula is C8H11ClN2O2. The first-order chi connectivity index (χ1) is 6.19. The predicted molar refractivity (Wildman–Crippen MR) is 49.8 cm³/mol. The van der Waals surface area contributed by atoms with Crippen molar-refractivity contribution in [1.82, 2.24) is 4.98 Å². The Morgan fingerprint density at radius 1 is 1.77 bits per heavy atom. The summed E-state index contributed by atoms with van der Waals surface area (Å²) < 4.78 is 4.88. The van der Waals surface area contributed by atoms with Crippen molar-refractivity contribution in [2.45, 2.75) is 6.10 Å². The van der Waals surface area contributed by atoms with E-state index in [2.05, 4.69) is 4.98 Å². The summed E-state index contributed by atoms with van der Waals surface area (Å²) in [6.07, 6.45) is 0.651. The standard InChI is InChI=1S/C8H11ClN2O2/c1-13-8-2-5(7(12)3-10)6(9)4-11-8/h2,4,7,12H,3,10H2,1H3. The number of aromatic nitrogens is 1. The van der Waals surface area contributed by atoms with Gasteiger partial charge in [-0.25, -0.2) is 4.98 Å². The van der Waals surface area contributed by atoms with Crippen molar-refractivity contribution in [3.8, 4) is 5.88 Å². The molecule has 0 saturated carbocycles. The summed E-state index contributed by atoms with van der Waals surface area (Å²) >= 11 is 5.79. The van der Waals surface area contributed by atoms with Gasteiger partial charge in [-0.3, -0.25) is 0 Å². The van der Waals surface area contributed by atoms with Gasteiger partial charge in [0.2, 0.25) is 5.88 Å².